The Labute approximate surface area is 102 Å². The Morgan fingerprint density at radius 3 is 2.12 bits per heavy atom. The van der Waals surface area contributed by atoms with E-state index in [1.54, 1.807) is 9.80 Å². The van der Waals surface area contributed by atoms with Crippen LogP contribution in [0.25, 0.3) is 0 Å². The fourth-order valence-corrected chi connectivity index (χ4v) is 1.97. The molecule has 0 aliphatic carbocycles. The molecular formula is C11H19ClN2O2. The highest BCUT2D eigenvalue weighted by Crippen LogP contribution is 2.07. The molecule has 1 aliphatic heterocycles. The number of carbonyl (C=O) groups excluding carboxylic acids is 2. The third kappa shape index (κ3) is 3.67. The zero-order valence-corrected chi connectivity index (χ0v) is 10.5. The molecule has 0 spiro atoms. The van der Waals surface area contributed by atoms with E-state index in [0.717, 1.165) is 19.3 Å². The number of amides is 2. The average molecular weight is 247 g/mol. The number of piperazine rings is 1. The minimum atomic E-state index is 0.0580. The summed E-state index contributed by atoms with van der Waals surface area (Å²) in [6.07, 6.45) is 2.65. The maximum Gasteiger partial charge on any atom is 0.242 e. The van der Waals surface area contributed by atoms with Crippen molar-refractivity contribution in [1.82, 2.24) is 9.80 Å². The molecule has 1 aliphatic rings. The van der Waals surface area contributed by atoms with Crippen molar-refractivity contribution in [2.24, 2.45) is 0 Å². The smallest absolute Gasteiger partial charge is 0.242 e. The van der Waals surface area contributed by atoms with Crippen molar-refractivity contribution in [2.45, 2.75) is 26.2 Å². The molecule has 1 saturated heterocycles. The van der Waals surface area contributed by atoms with Gasteiger partial charge in [-0.25, -0.2) is 0 Å². The number of unbranched alkanes of at least 4 members (excludes halogenated alkanes) is 1. The Morgan fingerprint density at radius 2 is 1.62 bits per heavy atom. The first kappa shape index (κ1) is 13.3. The van der Waals surface area contributed by atoms with Crippen LogP contribution in [-0.4, -0.2) is 53.7 Å². The molecule has 0 saturated carbocycles. The third-order valence-corrected chi connectivity index (χ3v) is 2.93. The number of hydrogen-bond acceptors (Lipinski definition) is 2. The number of hydrogen-bond donors (Lipinski definition) is 0. The number of nitrogens with zero attached hydrogens (tertiary/aromatic N) is 2. The van der Waals surface area contributed by atoms with Crippen LogP contribution in [0.4, 0.5) is 0 Å². The highest BCUT2D eigenvalue weighted by molar-refractivity contribution is 6.17. The number of halogens is 1. The Hall–Kier alpha value is -0.770. The lowest BCUT2D eigenvalue weighted by Gasteiger charge is -2.33. The van der Waals surface area contributed by atoms with Gasteiger partial charge in [0.25, 0.3) is 0 Å². The van der Waals surface area contributed by atoms with E-state index in [-0.39, 0.29) is 24.9 Å². The molecule has 16 heavy (non-hydrogen) atoms. The molecule has 0 bridgehead atoms. The van der Waals surface area contributed by atoms with Gasteiger partial charge in [0, 0.05) is 19.0 Å². The fourth-order valence-electron chi connectivity index (χ4n) is 1.78. The van der Waals surface area contributed by atoms with Crippen molar-refractivity contribution in [3.63, 3.8) is 0 Å². The van der Waals surface area contributed by atoms with Crippen molar-refractivity contribution >= 4 is 23.4 Å². The monoisotopic (exact) mass is 246 g/mol. The van der Waals surface area contributed by atoms with Gasteiger partial charge in [0.15, 0.2) is 0 Å². The molecule has 2 amide bonds. The van der Waals surface area contributed by atoms with Crippen LogP contribution in [0, 0.1) is 0 Å². The van der Waals surface area contributed by atoms with Crippen LogP contribution >= 0.6 is 11.6 Å². The Bertz CT molecular complexity index is 258. The summed E-state index contributed by atoms with van der Waals surface area (Å²) in [6, 6.07) is 0. The molecule has 0 aromatic carbocycles. The highest BCUT2D eigenvalue weighted by atomic mass is 35.5. The van der Waals surface area contributed by atoms with Gasteiger partial charge in [-0.2, -0.15) is 0 Å². The van der Waals surface area contributed by atoms with Gasteiger partial charge >= 0.3 is 0 Å². The molecule has 0 unspecified atom stereocenters. The first-order valence-corrected chi connectivity index (χ1v) is 6.34. The van der Waals surface area contributed by atoms with Gasteiger partial charge in [-0.3, -0.25) is 9.59 Å². The topological polar surface area (TPSA) is 40.6 Å². The van der Waals surface area contributed by atoms with E-state index in [4.69, 9.17) is 11.6 Å². The summed E-state index contributed by atoms with van der Waals surface area (Å²) < 4.78 is 0. The Kier molecular flexibility index (Phi) is 5.60. The molecule has 0 aromatic rings. The summed E-state index contributed by atoms with van der Waals surface area (Å²) >= 11 is 5.57. The van der Waals surface area contributed by atoms with Crippen LogP contribution in [-0.2, 0) is 9.59 Å². The highest BCUT2D eigenvalue weighted by Gasteiger charge is 2.28. The van der Waals surface area contributed by atoms with Crippen LogP contribution < -0.4 is 0 Å². The minimum absolute atomic E-state index is 0.0580. The summed E-state index contributed by atoms with van der Waals surface area (Å²) in [4.78, 5) is 26.7. The second-order valence-corrected chi connectivity index (χ2v) is 4.40. The summed E-state index contributed by atoms with van der Waals surface area (Å²) in [5, 5.41) is 0. The molecule has 4 nitrogen and oxygen atoms in total. The predicted molar refractivity (Wildman–Crippen MR) is 63.4 cm³/mol. The van der Waals surface area contributed by atoms with Gasteiger partial charge < -0.3 is 9.80 Å². The fraction of sp³-hybridized carbons (Fsp3) is 0.818. The maximum absolute atomic E-state index is 11.7. The van der Waals surface area contributed by atoms with Crippen LogP contribution in [0.1, 0.15) is 26.2 Å². The van der Waals surface area contributed by atoms with Gasteiger partial charge in [-0.05, 0) is 19.3 Å². The van der Waals surface area contributed by atoms with E-state index in [0.29, 0.717) is 19.0 Å². The van der Waals surface area contributed by atoms with E-state index in [2.05, 4.69) is 0 Å². The van der Waals surface area contributed by atoms with E-state index in [1.165, 1.54) is 0 Å². The van der Waals surface area contributed by atoms with Gasteiger partial charge in [0.05, 0.1) is 13.1 Å². The molecule has 0 N–H and O–H groups in total. The minimum Gasteiger partial charge on any atom is -0.332 e. The number of carbonyl (C=O) groups is 2. The molecule has 1 heterocycles. The third-order valence-electron chi connectivity index (χ3n) is 2.66. The van der Waals surface area contributed by atoms with Gasteiger partial charge in [-0.1, -0.05) is 6.92 Å². The van der Waals surface area contributed by atoms with Crippen molar-refractivity contribution < 1.29 is 9.59 Å². The van der Waals surface area contributed by atoms with Crippen molar-refractivity contribution in [3.8, 4) is 0 Å². The second-order valence-electron chi connectivity index (χ2n) is 4.03. The Morgan fingerprint density at radius 1 is 1.06 bits per heavy atom. The standard InChI is InChI=1S/C11H19ClN2O2/c1-2-6-13-8-11(16)14(9-10(13)15)7-4-3-5-12/h2-9H2,1H3. The van der Waals surface area contributed by atoms with E-state index in [1.807, 2.05) is 6.92 Å². The molecule has 0 radical (unpaired) electrons. The van der Waals surface area contributed by atoms with E-state index in [9.17, 15) is 9.59 Å². The van der Waals surface area contributed by atoms with Gasteiger partial charge in [-0.15, -0.1) is 11.6 Å². The normalized spacial score (nSPS) is 17.1. The SMILES string of the molecule is CCCN1CC(=O)N(CCCCCl)CC1=O. The van der Waals surface area contributed by atoms with Crippen LogP contribution in [0.5, 0.6) is 0 Å². The first-order chi connectivity index (χ1) is 7.69. The molecule has 1 fully saturated rings. The number of alkyl halides is 1. The predicted octanol–water partition coefficient (Wildman–Crippen LogP) is 1.09. The molecular weight excluding hydrogens is 228 g/mol. The molecule has 0 aromatic heterocycles. The molecule has 1 rings (SSSR count). The summed E-state index contributed by atoms with van der Waals surface area (Å²) in [7, 11) is 0. The Balaban J connectivity index is 2.40. The largest absolute Gasteiger partial charge is 0.332 e. The van der Waals surface area contributed by atoms with Crippen molar-refractivity contribution in [3.05, 3.63) is 0 Å². The van der Waals surface area contributed by atoms with Gasteiger partial charge in [0.2, 0.25) is 11.8 Å². The van der Waals surface area contributed by atoms with Crippen LogP contribution in [0.15, 0.2) is 0 Å². The molecule has 0 atom stereocenters. The van der Waals surface area contributed by atoms with Crippen molar-refractivity contribution in [2.75, 3.05) is 32.1 Å². The van der Waals surface area contributed by atoms with Crippen LogP contribution in [0.2, 0.25) is 0 Å². The summed E-state index contributed by atoms with van der Waals surface area (Å²) in [5.74, 6) is 0.729. The average Bonchev–Trinajstić information content (AvgIpc) is 2.25. The van der Waals surface area contributed by atoms with Crippen molar-refractivity contribution in [1.29, 1.82) is 0 Å². The van der Waals surface area contributed by atoms with E-state index < -0.39 is 0 Å². The van der Waals surface area contributed by atoms with E-state index >= 15 is 0 Å². The lowest BCUT2D eigenvalue weighted by Crippen LogP contribution is -2.54. The second kappa shape index (κ2) is 6.74. The lowest BCUT2D eigenvalue weighted by atomic mass is 10.2. The molecule has 5 heteroatoms. The first-order valence-electron chi connectivity index (χ1n) is 5.80. The summed E-state index contributed by atoms with van der Waals surface area (Å²) in [6.45, 7) is 3.82. The quantitative estimate of drug-likeness (QED) is 0.520. The maximum atomic E-state index is 11.7. The van der Waals surface area contributed by atoms with Gasteiger partial charge in [0.1, 0.15) is 0 Å². The molecule has 92 valence electrons. The lowest BCUT2D eigenvalue weighted by molar-refractivity contribution is -0.150. The zero-order chi connectivity index (χ0) is 12.0. The summed E-state index contributed by atoms with van der Waals surface area (Å²) in [5.41, 5.74) is 0. The number of rotatable bonds is 6. The van der Waals surface area contributed by atoms with Crippen LogP contribution in [0.3, 0.4) is 0 Å². The zero-order valence-electron chi connectivity index (χ0n) is 9.75.